The van der Waals surface area contributed by atoms with Crippen molar-refractivity contribution >= 4 is 5.97 Å². The Morgan fingerprint density at radius 2 is 2.41 bits per heavy atom. The molecule has 0 aromatic carbocycles. The largest absolute Gasteiger partial charge is 0.481 e. The van der Waals surface area contributed by atoms with Gasteiger partial charge in [-0.1, -0.05) is 0 Å². The number of nitrogens with two attached hydrogens (primary N) is 1. The first-order valence-electron chi connectivity index (χ1n) is 6.44. The second-order valence-electron chi connectivity index (χ2n) is 5.12. The van der Waals surface area contributed by atoms with Crippen LogP contribution in [0.3, 0.4) is 0 Å². The van der Waals surface area contributed by atoms with Gasteiger partial charge in [-0.05, 0) is 45.3 Å². The second-order valence-corrected chi connectivity index (χ2v) is 5.12. The number of carboxylic acids is 1. The molecule has 5 heteroatoms. The van der Waals surface area contributed by atoms with E-state index in [0.717, 1.165) is 18.9 Å². The van der Waals surface area contributed by atoms with E-state index in [4.69, 9.17) is 10.8 Å². The first-order valence-corrected chi connectivity index (χ1v) is 6.44. The zero-order valence-corrected chi connectivity index (χ0v) is 10.7. The molecule has 1 aliphatic rings. The van der Waals surface area contributed by atoms with Crippen LogP contribution < -0.4 is 11.1 Å². The molecule has 5 nitrogen and oxygen atoms in total. The minimum Gasteiger partial charge on any atom is -0.481 e. The van der Waals surface area contributed by atoms with Crippen LogP contribution in [0.4, 0.5) is 0 Å². The van der Waals surface area contributed by atoms with E-state index in [1.165, 1.54) is 25.9 Å². The van der Waals surface area contributed by atoms with Crippen molar-refractivity contribution in [2.75, 3.05) is 33.2 Å². The summed E-state index contributed by atoms with van der Waals surface area (Å²) in [7, 11) is 2.17. The first-order chi connectivity index (χ1) is 8.08. The molecule has 1 saturated heterocycles. The average molecular weight is 243 g/mol. The smallest absolute Gasteiger partial charge is 0.304 e. The van der Waals surface area contributed by atoms with E-state index in [2.05, 4.69) is 17.3 Å². The van der Waals surface area contributed by atoms with E-state index in [-0.39, 0.29) is 12.5 Å². The van der Waals surface area contributed by atoms with Crippen LogP contribution in [0.5, 0.6) is 0 Å². The number of carbonyl (C=O) groups is 1. The van der Waals surface area contributed by atoms with E-state index >= 15 is 0 Å². The van der Waals surface area contributed by atoms with Crippen molar-refractivity contribution in [1.82, 2.24) is 10.2 Å². The number of rotatable bonds is 7. The van der Waals surface area contributed by atoms with Crippen LogP contribution in [0.15, 0.2) is 0 Å². The lowest BCUT2D eigenvalue weighted by Crippen LogP contribution is -2.38. The Bertz CT molecular complexity index is 236. The van der Waals surface area contributed by atoms with Gasteiger partial charge < -0.3 is 21.1 Å². The van der Waals surface area contributed by atoms with Crippen molar-refractivity contribution in [3.05, 3.63) is 0 Å². The molecule has 0 aromatic rings. The number of aliphatic carboxylic acids is 1. The fourth-order valence-electron chi connectivity index (χ4n) is 2.40. The number of nitrogens with zero attached hydrogens (tertiary/aromatic N) is 1. The summed E-state index contributed by atoms with van der Waals surface area (Å²) in [6.45, 7) is 3.93. The number of hydrogen-bond acceptors (Lipinski definition) is 4. The number of nitrogens with one attached hydrogen (secondary N) is 1. The van der Waals surface area contributed by atoms with E-state index in [9.17, 15) is 4.79 Å². The molecule has 17 heavy (non-hydrogen) atoms. The second kappa shape index (κ2) is 7.63. The van der Waals surface area contributed by atoms with Gasteiger partial charge in [0, 0.05) is 19.1 Å². The van der Waals surface area contributed by atoms with Crippen molar-refractivity contribution in [3.63, 3.8) is 0 Å². The molecule has 0 bridgehead atoms. The molecule has 1 fully saturated rings. The van der Waals surface area contributed by atoms with Gasteiger partial charge >= 0.3 is 5.97 Å². The summed E-state index contributed by atoms with van der Waals surface area (Å²) >= 11 is 0. The molecular formula is C12H25N3O2. The molecule has 0 spiro atoms. The molecule has 0 saturated carbocycles. The lowest BCUT2D eigenvalue weighted by atomic mass is 9.95. The van der Waals surface area contributed by atoms with Crippen LogP contribution in [0, 0.1) is 5.92 Å². The third-order valence-electron chi connectivity index (χ3n) is 3.29. The summed E-state index contributed by atoms with van der Waals surface area (Å²) < 4.78 is 0. The van der Waals surface area contributed by atoms with Crippen molar-refractivity contribution in [1.29, 1.82) is 0 Å². The molecule has 2 atom stereocenters. The fourth-order valence-corrected chi connectivity index (χ4v) is 2.40. The fraction of sp³-hybridized carbons (Fsp3) is 0.917. The predicted octanol–water partition coefficient (Wildman–Crippen LogP) is 0.110. The highest BCUT2D eigenvalue weighted by Crippen LogP contribution is 2.17. The Morgan fingerprint density at radius 3 is 3.06 bits per heavy atom. The normalized spacial score (nSPS) is 23.5. The summed E-state index contributed by atoms with van der Waals surface area (Å²) in [5.41, 5.74) is 5.66. The molecular weight excluding hydrogens is 218 g/mol. The summed E-state index contributed by atoms with van der Waals surface area (Å²) in [6.07, 6.45) is 3.80. The Morgan fingerprint density at radius 1 is 1.65 bits per heavy atom. The maximum Gasteiger partial charge on any atom is 0.304 e. The maximum absolute atomic E-state index is 10.4. The zero-order valence-electron chi connectivity index (χ0n) is 10.7. The van der Waals surface area contributed by atoms with E-state index in [1.54, 1.807) is 0 Å². The Hall–Kier alpha value is -0.650. The molecule has 0 aliphatic carbocycles. The highest BCUT2D eigenvalue weighted by atomic mass is 16.4. The molecule has 100 valence electrons. The SMILES string of the molecule is CN1CCCC(CCNCC(N)CC(=O)O)C1. The lowest BCUT2D eigenvalue weighted by Gasteiger charge is -2.29. The molecule has 0 radical (unpaired) electrons. The third kappa shape index (κ3) is 6.61. The van der Waals surface area contributed by atoms with E-state index in [0.29, 0.717) is 6.54 Å². The third-order valence-corrected chi connectivity index (χ3v) is 3.29. The number of carboxylic acid groups (broad SMARTS) is 1. The average Bonchev–Trinajstić information content (AvgIpc) is 2.23. The van der Waals surface area contributed by atoms with Crippen molar-refractivity contribution in [2.45, 2.75) is 31.7 Å². The van der Waals surface area contributed by atoms with Gasteiger partial charge in [0.15, 0.2) is 0 Å². The zero-order chi connectivity index (χ0) is 12.7. The number of hydrogen-bond donors (Lipinski definition) is 3. The Labute approximate surface area is 103 Å². The van der Waals surface area contributed by atoms with Gasteiger partial charge in [0.2, 0.25) is 0 Å². The minimum atomic E-state index is -0.826. The maximum atomic E-state index is 10.4. The topological polar surface area (TPSA) is 78.6 Å². The Balaban J connectivity index is 2.01. The minimum absolute atomic E-state index is 0.0408. The van der Waals surface area contributed by atoms with Gasteiger partial charge in [0.1, 0.15) is 0 Å². The number of likely N-dealkylation sites (tertiary alicyclic amines) is 1. The van der Waals surface area contributed by atoms with Crippen molar-refractivity contribution in [3.8, 4) is 0 Å². The van der Waals surface area contributed by atoms with Crippen LogP contribution in [0.1, 0.15) is 25.7 Å². The monoisotopic (exact) mass is 243 g/mol. The Kier molecular flexibility index (Phi) is 6.47. The van der Waals surface area contributed by atoms with Crippen molar-refractivity contribution in [2.24, 2.45) is 11.7 Å². The highest BCUT2D eigenvalue weighted by Gasteiger charge is 2.16. The van der Waals surface area contributed by atoms with Crippen molar-refractivity contribution < 1.29 is 9.90 Å². The highest BCUT2D eigenvalue weighted by molar-refractivity contribution is 5.67. The van der Waals surface area contributed by atoms with Gasteiger partial charge in [-0.15, -0.1) is 0 Å². The van der Waals surface area contributed by atoms with Crippen LogP contribution in [-0.4, -0.2) is 55.2 Å². The lowest BCUT2D eigenvalue weighted by molar-refractivity contribution is -0.137. The molecule has 1 rings (SSSR count). The summed E-state index contributed by atoms with van der Waals surface area (Å²) in [5, 5.41) is 11.8. The molecule has 1 aliphatic heterocycles. The van der Waals surface area contributed by atoms with E-state index in [1.807, 2.05) is 0 Å². The van der Waals surface area contributed by atoms with Gasteiger partial charge in [-0.25, -0.2) is 0 Å². The molecule has 0 amide bonds. The summed E-state index contributed by atoms with van der Waals surface area (Å²) in [5.74, 6) is -0.0508. The molecule has 1 heterocycles. The molecule has 2 unspecified atom stereocenters. The van der Waals surface area contributed by atoms with Gasteiger partial charge in [0.05, 0.1) is 6.42 Å². The van der Waals surface area contributed by atoms with Gasteiger partial charge in [0.25, 0.3) is 0 Å². The first kappa shape index (κ1) is 14.4. The van der Waals surface area contributed by atoms with Crippen LogP contribution in [0.2, 0.25) is 0 Å². The standard InChI is InChI=1S/C12H25N3O2/c1-15-6-2-3-10(9-15)4-5-14-8-11(13)7-12(16)17/h10-11,14H,2-9,13H2,1H3,(H,16,17). The van der Waals surface area contributed by atoms with E-state index < -0.39 is 5.97 Å². The predicted molar refractivity (Wildman–Crippen MR) is 67.9 cm³/mol. The summed E-state index contributed by atoms with van der Waals surface area (Å²) in [6, 6.07) is -0.276. The van der Waals surface area contributed by atoms with Gasteiger partial charge in [-0.2, -0.15) is 0 Å². The van der Waals surface area contributed by atoms with Gasteiger partial charge in [-0.3, -0.25) is 4.79 Å². The number of piperidine rings is 1. The van der Waals surface area contributed by atoms with Crippen LogP contribution >= 0.6 is 0 Å². The van der Waals surface area contributed by atoms with Crippen LogP contribution in [-0.2, 0) is 4.79 Å². The summed E-state index contributed by atoms with van der Waals surface area (Å²) in [4.78, 5) is 12.8. The quantitative estimate of drug-likeness (QED) is 0.553. The molecule has 0 aromatic heterocycles. The van der Waals surface area contributed by atoms with Crippen LogP contribution in [0.25, 0.3) is 0 Å². The molecule has 4 N–H and O–H groups in total.